The number of aromatic hydroxyl groups is 1. The molecule has 2 rings (SSSR count). The number of carbonyl (C=O) groups is 1. The van der Waals surface area contributed by atoms with E-state index in [9.17, 15) is 9.90 Å². The SMILES string of the molecule is COc1cc(C(=O)O)cc(C2(CN)CCCC2)c1O. The average Bonchev–Trinajstić information content (AvgIpc) is 2.88. The van der Waals surface area contributed by atoms with Gasteiger partial charge in [-0.25, -0.2) is 4.79 Å². The fourth-order valence-corrected chi connectivity index (χ4v) is 2.93. The van der Waals surface area contributed by atoms with Crippen LogP contribution in [0.4, 0.5) is 0 Å². The zero-order chi connectivity index (χ0) is 14.0. The first-order chi connectivity index (χ1) is 9.04. The molecule has 0 radical (unpaired) electrons. The summed E-state index contributed by atoms with van der Waals surface area (Å²) < 4.78 is 5.07. The standard InChI is InChI=1S/C14H19NO4/c1-19-11-7-9(13(17)18)6-10(12(11)16)14(8-15)4-2-3-5-14/h6-7,16H,2-5,8,15H2,1H3,(H,17,18). The number of nitrogens with two attached hydrogens (primary N) is 1. The molecule has 1 aromatic carbocycles. The van der Waals surface area contributed by atoms with Crippen molar-refractivity contribution in [2.75, 3.05) is 13.7 Å². The van der Waals surface area contributed by atoms with Gasteiger partial charge in [0.15, 0.2) is 11.5 Å². The maximum Gasteiger partial charge on any atom is 0.335 e. The smallest absolute Gasteiger partial charge is 0.335 e. The highest BCUT2D eigenvalue weighted by molar-refractivity contribution is 5.89. The number of phenolic OH excluding ortho intramolecular Hbond substituents is 1. The Bertz CT molecular complexity index is 492. The van der Waals surface area contributed by atoms with Crippen molar-refractivity contribution in [2.45, 2.75) is 31.1 Å². The lowest BCUT2D eigenvalue weighted by atomic mass is 9.77. The molecule has 19 heavy (non-hydrogen) atoms. The summed E-state index contributed by atoms with van der Waals surface area (Å²) in [5, 5.41) is 19.4. The summed E-state index contributed by atoms with van der Waals surface area (Å²) in [6, 6.07) is 2.86. The van der Waals surface area contributed by atoms with Gasteiger partial charge in [-0.3, -0.25) is 0 Å². The molecule has 1 aliphatic carbocycles. The summed E-state index contributed by atoms with van der Waals surface area (Å²) >= 11 is 0. The van der Waals surface area contributed by atoms with Gasteiger partial charge in [-0.2, -0.15) is 0 Å². The minimum absolute atomic E-state index is 0.0138. The first-order valence-electron chi connectivity index (χ1n) is 6.39. The van der Waals surface area contributed by atoms with Crippen molar-refractivity contribution in [1.82, 2.24) is 0 Å². The Hall–Kier alpha value is -1.75. The molecule has 0 spiro atoms. The van der Waals surface area contributed by atoms with Gasteiger partial charge < -0.3 is 20.7 Å². The predicted molar refractivity (Wildman–Crippen MR) is 70.8 cm³/mol. The van der Waals surface area contributed by atoms with Crippen molar-refractivity contribution in [3.05, 3.63) is 23.3 Å². The monoisotopic (exact) mass is 265 g/mol. The second kappa shape index (κ2) is 5.09. The van der Waals surface area contributed by atoms with E-state index < -0.39 is 5.97 Å². The molecule has 104 valence electrons. The molecule has 0 bridgehead atoms. The number of hydrogen-bond acceptors (Lipinski definition) is 4. The molecule has 1 aliphatic rings. The maximum absolute atomic E-state index is 11.2. The van der Waals surface area contributed by atoms with Crippen LogP contribution in [-0.2, 0) is 5.41 Å². The van der Waals surface area contributed by atoms with Crippen LogP contribution in [0.1, 0.15) is 41.6 Å². The highest BCUT2D eigenvalue weighted by atomic mass is 16.5. The van der Waals surface area contributed by atoms with Gasteiger partial charge in [-0.15, -0.1) is 0 Å². The second-order valence-corrected chi connectivity index (χ2v) is 5.07. The van der Waals surface area contributed by atoms with E-state index in [4.69, 9.17) is 15.6 Å². The summed E-state index contributed by atoms with van der Waals surface area (Å²) in [6.45, 7) is 0.396. The maximum atomic E-state index is 11.2. The number of ether oxygens (including phenoxy) is 1. The molecule has 0 aliphatic heterocycles. The van der Waals surface area contributed by atoms with E-state index in [-0.39, 0.29) is 22.5 Å². The lowest BCUT2D eigenvalue weighted by Crippen LogP contribution is -2.32. The highest BCUT2D eigenvalue weighted by Gasteiger charge is 2.37. The molecule has 1 fully saturated rings. The molecule has 0 heterocycles. The fourth-order valence-electron chi connectivity index (χ4n) is 2.93. The third kappa shape index (κ3) is 2.26. The highest BCUT2D eigenvalue weighted by Crippen LogP contribution is 2.47. The van der Waals surface area contributed by atoms with E-state index in [1.807, 2.05) is 0 Å². The fraction of sp³-hybridized carbons (Fsp3) is 0.500. The predicted octanol–water partition coefficient (Wildman–Crippen LogP) is 1.87. The zero-order valence-corrected chi connectivity index (χ0v) is 11.0. The Morgan fingerprint density at radius 1 is 1.42 bits per heavy atom. The normalized spacial score (nSPS) is 17.4. The number of carboxylic acid groups (broad SMARTS) is 1. The van der Waals surface area contributed by atoms with Crippen LogP contribution < -0.4 is 10.5 Å². The number of rotatable bonds is 4. The number of benzene rings is 1. The molecule has 5 heteroatoms. The first kappa shape index (κ1) is 13.7. The Balaban J connectivity index is 2.60. The lowest BCUT2D eigenvalue weighted by molar-refractivity contribution is 0.0696. The molecule has 0 unspecified atom stereocenters. The minimum atomic E-state index is -1.04. The summed E-state index contributed by atoms with van der Waals surface area (Å²) in [4.78, 5) is 11.2. The summed E-state index contributed by atoms with van der Waals surface area (Å²) in [5.74, 6) is -0.834. The molecule has 0 saturated heterocycles. The lowest BCUT2D eigenvalue weighted by Gasteiger charge is -2.29. The number of hydrogen-bond donors (Lipinski definition) is 3. The van der Waals surface area contributed by atoms with Crippen molar-refractivity contribution in [2.24, 2.45) is 5.73 Å². The van der Waals surface area contributed by atoms with Crippen molar-refractivity contribution < 1.29 is 19.7 Å². The van der Waals surface area contributed by atoms with Gasteiger partial charge in [0, 0.05) is 17.5 Å². The molecular weight excluding hydrogens is 246 g/mol. The van der Waals surface area contributed by atoms with Gasteiger partial charge in [0.05, 0.1) is 12.7 Å². The van der Waals surface area contributed by atoms with Gasteiger partial charge in [0.25, 0.3) is 0 Å². The van der Waals surface area contributed by atoms with Crippen LogP contribution in [-0.4, -0.2) is 29.8 Å². The van der Waals surface area contributed by atoms with Crippen molar-refractivity contribution in [3.8, 4) is 11.5 Å². The van der Waals surface area contributed by atoms with Gasteiger partial charge in [-0.1, -0.05) is 12.8 Å². The molecule has 5 nitrogen and oxygen atoms in total. The van der Waals surface area contributed by atoms with Crippen molar-refractivity contribution >= 4 is 5.97 Å². The molecule has 1 aromatic rings. The van der Waals surface area contributed by atoms with E-state index in [0.717, 1.165) is 25.7 Å². The molecule has 1 saturated carbocycles. The van der Waals surface area contributed by atoms with Crippen LogP contribution in [0.2, 0.25) is 0 Å². The van der Waals surface area contributed by atoms with Gasteiger partial charge in [0.2, 0.25) is 0 Å². The van der Waals surface area contributed by atoms with Gasteiger partial charge >= 0.3 is 5.97 Å². The summed E-state index contributed by atoms with van der Waals surface area (Å²) in [5.41, 5.74) is 6.27. The van der Waals surface area contributed by atoms with Crippen LogP contribution in [0, 0.1) is 0 Å². The molecular formula is C14H19NO4. The van der Waals surface area contributed by atoms with Crippen LogP contribution in [0.5, 0.6) is 11.5 Å². The van der Waals surface area contributed by atoms with Crippen LogP contribution in [0.3, 0.4) is 0 Å². The third-order valence-electron chi connectivity index (χ3n) is 4.06. The van der Waals surface area contributed by atoms with Crippen LogP contribution >= 0.6 is 0 Å². The summed E-state index contributed by atoms with van der Waals surface area (Å²) in [6.07, 6.45) is 3.80. The topological polar surface area (TPSA) is 92.8 Å². The number of phenols is 1. The molecule has 0 aromatic heterocycles. The van der Waals surface area contributed by atoms with E-state index >= 15 is 0 Å². The van der Waals surface area contributed by atoms with Crippen molar-refractivity contribution in [3.63, 3.8) is 0 Å². The average molecular weight is 265 g/mol. The Labute approximate surface area is 112 Å². The number of carboxylic acids is 1. The molecule has 4 N–H and O–H groups in total. The van der Waals surface area contributed by atoms with Crippen LogP contribution in [0.25, 0.3) is 0 Å². The van der Waals surface area contributed by atoms with Crippen molar-refractivity contribution in [1.29, 1.82) is 0 Å². The van der Waals surface area contributed by atoms with E-state index in [1.165, 1.54) is 19.2 Å². The van der Waals surface area contributed by atoms with Gasteiger partial charge in [-0.05, 0) is 25.0 Å². The number of aromatic carboxylic acids is 1. The first-order valence-corrected chi connectivity index (χ1v) is 6.39. The van der Waals surface area contributed by atoms with E-state index in [2.05, 4.69) is 0 Å². The number of methoxy groups -OCH3 is 1. The minimum Gasteiger partial charge on any atom is -0.504 e. The zero-order valence-electron chi connectivity index (χ0n) is 11.0. The molecule has 0 amide bonds. The second-order valence-electron chi connectivity index (χ2n) is 5.07. The van der Waals surface area contributed by atoms with E-state index in [1.54, 1.807) is 0 Å². The quantitative estimate of drug-likeness (QED) is 0.772. The Morgan fingerprint density at radius 3 is 2.53 bits per heavy atom. The molecule has 0 atom stereocenters. The Kier molecular flexibility index (Phi) is 3.66. The largest absolute Gasteiger partial charge is 0.504 e. The third-order valence-corrected chi connectivity index (χ3v) is 4.06. The van der Waals surface area contributed by atoms with E-state index in [0.29, 0.717) is 12.1 Å². The summed E-state index contributed by atoms with van der Waals surface area (Å²) in [7, 11) is 1.41. The Morgan fingerprint density at radius 2 is 2.05 bits per heavy atom. The van der Waals surface area contributed by atoms with Gasteiger partial charge in [0.1, 0.15) is 0 Å². The van der Waals surface area contributed by atoms with Crippen LogP contribution in [0.15, 0.2) is 12.1 Å².